The molecular weight excluding hydrogens is 376 g/mol. The number of aryl methyl sites for hydroxylation is 1. The molecule has 0 aliphatic carbocycles. The van der Waals surface area contributed by atoms with Crippen molar-refractivity contribution in [2.24, 2.45) is 0 Å². The van der Waals surface area contributed by atoms with Gasteiger partial charge in [-0.2, -0.15) is 0 Å². The number of nitrogens with one attached hydrogen (secondary N) is 2. The number of nitrogens with zero attached hydrogens (tertiary/aromatic N) is 2. The van der Waals surface area contributed by atoms with Crippen molar-refractivity contribution in [1.29, 1.82) is 0 Å². The number of rotatable bonds is 5. The van der Waals surface area contributed by atoms with Gasteiger partial charge in [0.2, 0.25) is 10.0 Å². The van der Waals surface area contributed by atoms with Crippen molar-refractivity contribution in [1.82, 2.24) is 15.5 Å². The molecule has 9 heteroatoms. The molecule has 1 aromatic carbocycles. The van der Waals surface area contributed by atoms with Crippen LogP contribution >= 0.6 is 12.4 Å². The maximum absolute atomic E-state index is 12.4. The van der Waals surface area contributed by atoms with Gasteiger partial charge >= 0.3 is 0 Å². The van der Waals surface area contributed by atoms with E-state index in [0.29, 0.717) is 24.3 Å². The molecular formula is C17H27ClN4O3S. The quantitative estimate of drug-likeness (QED) is 0.747. The second kappa shape index (κ2) is 9.03. The number of carbonyl (C=O) groups is 1. The summed E-state index contributed by atoms with van der Waals surface area (Å²) in [4.78, 5) is 14.7. The van der Waals surface area contributed by atoms with E-state index in [-0.39, 0.29) is 18.3 Å². The molecule has 0 bridgehead atoms. The summed E-state index contributed by atoms with van der Waals surface area (Å²) >= 11 is 0. The second-order valence-corrected chi connectivity index (χ2v) is 8.54. The van der Waals surface area contributed by atoms with Crippen LogP contribution in [0.1, 0.15) is 22.3 Å². The van der Waals surface area contributed by atoms with E-state index in [1.54, 1.807) is 12.1 Å². The molecule has 0 aromatic heterocycles. The summed E-state index contributed by atoms with van der Waals surface area (Å²) in [5.41, 5.74) is 2.21. The zero-order valence-electron chi connectivity index (χ0n) is 15.0. The maximum Gasteiger partial charge on any atom is 0.251 e. The number of fused-ring (bicyclic) bond motifs is 1. The number of hydrogen-bond acceptors (Lipinski definition) is 5. The van der Waals surface area contributed by atoms with Crippen molar-refractivity contribution in [3.05, 3.63) is 29.3 Å². The van der Waals surface area contributed by atoms with E-state index >= 15 is 0 Å². The minimum Gasteiger partial charge on any atom is -0.351 e. The third-order valence-electron chi connectivity index (χ3n) is 4.74. The Morgan fingerprint density at radius 3 is 2.65 bits per heavy atom. The molecule has 2 aliphatic heterocycles. The Balaban J connectivity index is 0.00000243. The molecule has 2 N–H and O–H groups in total. The molecule has 0 spiro atoms. The van der Waals surface area contributed by atoms with Gasteiger partial charge in [-0.15, -0.1) is 12.4 Å². The lowest BCUT2D eigenvalue weighted by molar-refractivity contribution is 0.0947. The fourth-order valence-corrected chi connectivity index (χ4v) is 4.41. The topological polar surface area (TPSA) is 81.8 Å². The van der Waals surface area contributed by atoms with Crippen molar-refractivity contribution in [3.8, 4) is 0 Å². The lowest BCUT2D eigenvalue weighted by Crippen LogP contribution is -2.46. The van der Waals surface area contributed by atoms with Gasteiger partial charge in [0.1, 0.15) is 0 Å². The van der Waals surface area contributed by atoms with Gasteiger partial charge in [0.25, 0.3) is 5.91 Å². The predicted molar refractivity (Wildman–Crippen MR) is 106 cm³/mol. The van der Waals surface area contributed by atoms with Crippen LogP contribution < -0.4 is 14.9 Å². The third-order valence-corrected chi connectivity index (χ3v) is 5.92. The predicted octanol–water partition coefficient (Wildman–Crippen LogP) is 0.456. The van der Waals surface area contributed by atoms with Gasteiger partial charge in [0, 0.05) is 51.4 Å². The number of amides is 1. The molecule has 3 rings (SSSR count). The zero-order chi connectivity index (χ0) is 17.9. The molecule has 26 heavy (non-hydrogen) atoms. The minimum absolute atomic E-state index is 0. The van der Waals surface area contributed by atoms with Gasteiger partial charge in [-0.1, -0.05) is 0 Å². The summed E-state index contributed by atoms with van der Waals surface area (Å²) in [6.07, 6.45) is 2.79. The van der Waals surface area contributed by atoms with Crippen LogP contribution in [-0.4, -0.2) is 71.3 Å². The Hall–Kier alpha value is -1.35. The molecule has 2 heterocycles. The van der Waals surface area contributed by atoms with Crippen molar-refractivity contribution in [2.45, 2.75) is 12.8 Å². The first-order valence-corrected chi connectivity index (χ1v) is 10.6. The van der Waals surface area contributed by atoms with Crippen LogP contribution in [0.5, 0.6) is 0 Å². The van der Waals surface area contributed by atoms with Crippen LogP contribution in [0.25, 0.3) is 0 Å². The van der Waals surface area contributed by atoms with Gasteiger partial charge in [0.05, 0.1) is 11.9 Å². The first kappa shape index (κ1) is 21.0. The summed E-state index contributed by atoms with van der Waals surface area (Å²) in [7, 11) is -3.28. The average Bonchev–Trinajstić information content (AvgIpc) is 2.60. The second-order valence-electron chi connectivity index (χ2n) is 6.63. The number of anilines is 1. The van der Waals surface area contributed by atoms with Crippen LogP contribution in [-0.2, 0) is 16.4 Å². The van der Waals surface area contributed by atoms with Crippen LogP contribution in [0.15, 0.2) is 18.2 Å². The molecule has 1 amide bonds. The largest absolute Gasteiger partial charge is 0.351 e. The Morgan fingerprint density at radius 1 is 1.23 bits per heavy atom. The molecule has 0 saturated carbocycles. The molecule has 7 nitrogen and oxygen atoms in total. The Kier molecular flexibility index (Phi) is 7.28. The SMILES string of the molecule is CS(=O)(=O)N1CCCc2cc(C(=O)NCCN3CCNCC3)ccc21.Cl. The van der Waals surface area contributed by atoms with E-state index in [1.165, 1.54) is 10.6 Å². The van der Waals surface area contributed by atoms with E-state index in [0.717, 1.165) is 51.1 Å². The highest BCUT2D eigenvalue weighted by atomic mass is 35.5. The molecule has 1 fully saturated rings. The number of benzene rings is 1. The molecule has 1 aromatic rings. The van der Waals surface area contributed by atoms with Crippen LogP contribution in [0.2, 0.25) is 0 Å². The van der Waals surface area contributed by atoms with E-state index in [4.69, 9.17) is 0 Å². The molecule has 146 valence electrons. The maximum atomic E-state index is 12.4. The summed E-state index contributed by atoms with van der Waals surface area (Å²) in [6.45, 7) is 5.98. The molecule has 2 aliphatic rings. The van der Waals surface area contributed by atoms with Crippen molar-refractivity contribution >= 4 is 34.0 Å². The number of piperazine rings is 1. The zero-order valence-corrected chi connectivity index (χ0v) is 16.7. The first-order valence-electron chi connectivity index (χ1n) is 8.77. The van der Waals surface area contributed by atoms with E-state index < -0.39 is 10.0 Å². The average molecular weight is 403 g/mol. The Bertz CT molecular complexity index is 736. The highest BCUT2D eigenvalue weighted by Gasteiger charge is 2.24. The summed E-state index contributed by atoms with van der Waals surface area (Å²) in [5.74, 6) is -0.102. The Labute approximate surface area is 161 Å². The van der Waals surface area contributed by atoms with Crippen LogP contribution in [0.4, 0.5) is 5.69 Å². The number of carbonyl (C=O) groups excluding carboxylic acids is 1. The lowest BCUT2D eigenvalue weighted by atomic mass is 10.0. The first-order chi connectivity index (χ1) is 11.9. The van der Waals surface area contributed by atoms with Crippen LogP contribution in [0.3, 0.4) is 0 Å². The van der Waals surface area contributed by atoms with Gasteiger partial charge in [-0.3, -0.25) is 14.0 Å². The third kappa shape index (κ3) is 5.09. The minimum atomic E-state index is -3.28. The molecule has 0 radical (unpaired) electrons. The van der Waals surface area contributed by atoms with Gasteiger partial charge in [-0.05, 0) is 36.6 Å². The monoisotopic (exact) mass is 402 g/mol. The highest BCUT2D eigenvalue weighted by Crippen LogP contribution is 2.29. The van der Waals surface area contributed by atoms with Crippen molar-refractivity contribution in [3.63, 3.8) is 0 Å². The van der Waals surface area contributed by atoms with E-state index in [1.807, 2.05) is 6.07 Å². The van der Waals surface area contributed by atoms with Crippen molar-refractivity contribution < 1.29 is 13.2 Å². The number of sulfonamides is 1. The van der Waals surface area contributed by atoms with Gasteiger partial charge in [0.15, 0.2) is 0 Å². The van der Waals surface area contributed by atoms with Gasteiger partial charge < -0.3 is 10.6 Å². The standard InChI is InChI=1S/C17H26N4O3S.ClH/c1-25(23,24)21-9-2-3-14-13-15(4-5-16(14)21)17(22)19-8-12-20-10-6-18-7-11-20;/h4-5,13,18H,2-3,6-12H2,1H3,(H,19,22);1H. The van der Waals surface area contributed by atoms with Crippen LogP contribution in [0, 0.1) is 0 Å². The Morgan fingerprint density at radius 2 is 1.96 bits per heavy atom. The number of hydrogen-bond donors (Lipinski definition) is 2. The lowest BCUT2D eigenvalue weighted by Gasteiger charge is -2.29. The molecule has 0 atom stereocenters. The fourth-order valence-electron chi connectivity index (χ4n) is 3.41. The molecule has 1 saturated heterocycles. The van der Waals surface area contributed by atoms with Gasteiger partial charge in [-0.25, -0.2) is 8.42 Å². The fraction of sp³-hybridized carbons (Fsp3) is 0.588. The smallest absolute Gasteiger partial charge is 0.251 e. The van der Waals surface area contributed by atoms with E-state index in [2.05, 4.69) is 15.5 Å². The van der Waals surface area contributed by atoms with Crippen molar-refractivity contribution in [2.75, 3.05) is 56.4 Å². The summed E-state index contributed by atoms with van der Waals surface area (Å²) in [5, 5.41) is 6.27. The number of halogens is 1. The highest BCUT2D eigenvalue weighted by molar-refractivity contribution is 7.92. The summed E-state index contributed by atoms with van der Waals surface area (Å²) < 4.78 is 25.2. The van der Waals surface area contributed by atoms with E-state index in [9.17, 15) is 13.2 Å². The normalized spacial score (nSPS) is 18.0. The summed E-state index contributed by atoms with van der Waals surface area (Å²) in [6, 6.07) is 5.29. The molecule has 0 unspecified atom stereocenters.